The number of thiazole rings is 1. The number of aryl methyl sites for hydroxylation is 2. The molecular weight excluding hydrogens is 418 g/mol. The smallest absolute Gasteiger partial charge is 0.264 e. The predicted octanol–water partition coefficient (Wildman–Crippen LogP) is 4.61. The summed E-state index contributed by atoms with van der Waals surface area (Å²) in [7, 11) is -3.64. The number of carbonyl (C=O) groups excluding carboxylic acids is 1. The van der Waals surface area contributed by atoms with E-state index in [1.54, 1.807) is 28.6 Å². The van der Waals surface area contributed by atoms with Crippen molar-refractivity contribution in [1.82, 2.24) is 4.98 Å². The third kappa shape index (κ3) is 3.73. The molecule has 1 aliphatic rings. The summed E-state index contributed by atoms with van der Waals surface area (Å²) < 4.78 is 28.3. The Morgan fingerprint density at radius 3 is 2.63 bits per heavy atom. The molecule has 0 saturated heterocycles. The summed E-state index contributed by atoms with van der Waals surface area (Å²) in [6.45, 7) is 5.31. The Morgan fingerprint density at radius 2 is 1.93 bits per heavy atom. The molecule has 1 N–H and O–H groups in total. The van der Waals surface area contributed by atoms with Crippen LogP contribution in [0.15, 0.2) is 53.4 Å². The van der Waals surface area contributed by atoms with Gasteiger partial charge >= 0.3 is 0 Å². The monoisotopic (exact) mass is 441 g/mol. The van der Waals surface area contributed by atoms with Crippen molar-refractivity contribution in [2.45, 2.75) is 44.6 Å². The van der Waals surface area contributed by atoms with Gasteiger partial charge < -0.3 is 5.32 Å². The molecule has 0 radical (unpaired) electrons. The predicted molar refractivity (Wildman–Crippen MR) is 120 cm³/mol. The van der Waals surface area contributed by atoms with E-state index in [1.165, 1.54) is 18.3 Å². The fraction of sp³-hybridized carbons (Fsp3) is 0.273. The molecule has 1 unspecified atom stereocenters. The second kappa shape index (κ2) is 7.85. The number of fused-ring (bicyclic) bond motifs is 1. The van der Waals surface area contributed by atoms with Crippen LogP contribution in [0.4, 0.5) is 10.8 Å². The largest absolute Gasteiger partial charge is 0.302 e. The van der Waals surface area contributed by atoms with E-state index in [0.29, 0.717) is 10.0 Å². The Labute approximate surface area is 180 Å². The SMILES string of the molecule is CC(=O)Nc1nc(C)c(-c2ccc3c(c2)CCC(C)N3S(=O)(=O)c2ccccc2)s1. The first-order chi connectivity index (χ1) is 14.3. The number of carbonyl (C=O) groups is 1. The van der Waals surface area contributed by atoms with Crippen molar-refractivity contribution in [2.24, 2.45) is 0 Å². The van der Waals surface area contributed by atoms with Gasteiger partial charge in [-0.15, -0.1) is 0 Å². The van der Waals surface area contributed by atoms with Gasteiger partial charge in [0, 0.05) is 13.0 Å². The highest BCUT2D eigenvalue weighted by molar-refractivity contribution is 7.92. The number of hydrogen-bond donors (Lipinski definition) is 1. The second-order valence-electron chi connectivity index (χ2n) is 7.46. The van der Waals surface area contributed by atoms with Gasteiger partial charge in [-0.3, -0.25) is 9.10 Å². The number of hydrogen-bond acceptors (Lipinski definition) is 5. The van der Waals surface area contributed by atoms with Gasteiger partial charge in [-0.2, -0.15) is 0 Å². The Morgan fingerprint density at radius 1 is 1.20 bits per heavy atom. The molecule has 0 fully saturated rings. The molecule has 0 bridgehead atoms. The number of nitrogens with zero attached hydrogens (tertiary/aromatic N) is 2. The zero-order valence-electron chi connectivity index (χ0n) is 17.0. The molecule has 0 spiro atoms. The standard InChI is InChI=1S/C22H23N3O3S2/c1-14-9-10-17-13-18(21-15(2)23-22(29-21)24-16(3)26)11-12-20(17)25(14)30(27,28)19-7-5-4-6-8-19/h4-8,11-14H,9-10H2,1-3H3,(H,23,24,26). The highest BCUT2D eigenvalue weighted by atomic mass is 32.2. The van der Waals surface area contributed by atoms with Crippen LogP contribution in [-0.4, -0.2) is 25.4 Å². The first-order valence-electron chi connectivity index (χ1n) is 9.75. The average molecular weight is 442 g/mol. The summed E-state index contributed by atoms with van der Waals surface area (Å²) in [5, 5.41) is 3.29. The lowest BCUT2D eigenvalue weighted by Crippen LogP contribution is -2.42. The lowest BCUT2D eigenvalue weighted by Gasteiger charge is -2.36. The zero-order chi connectivity index (χ0) is 21.5. The minimum atomic E-state index is -3.64. The van der Waals surface area contributed by atoms with Crippen molar-refractivity contribution in [3.05, 3.63) is 59.8 Å². The zero-order valence-corrected chi connectivity index (χ0v) is 18.7. The molecule has 1 amide bonds. The second-order valence-corrected chi connectivity index (χ2v) is 10.3. The van der Waals surface area contributed by atoms with Crippen molar-refractivity contribution in [3.63, 3.8) is 0 Å². The van der Waals surface area contributed by atoms with Gasteiger partial charge in [-0.1, -0.05) is 35.6 Å². The molecule has 1 atom stereocenters. The lowest BCUT2D eigenvalue weighted by atomic mass is 9.96. The molecule has 4 rings (SSSR count). The third-order valence-electron chi connectivity index (χ3n) is 5.19. The lowest BCUT2D eigenvalue weighted by molar-refractivity contribution is -0.114. The molecule has 156 valence electrons. The number of rotatable bonds is 4. The molecule has 1 aromatic heterocycles. The van der Waals surface area contributed by atoms with E-state index in [2.05, 4.69) is 10.3 Å². The Bertz CT molecular complexity index is 1200. The summed E-state index contributed by atoms with van der Waals surface area (Å²) in [6, 6.07) is 14.3. The van der Waals surface area contributed by atoms with Gasteiger partial charge in [0.05, 0.1) is 21.2 Å². The van der Waals surface area contributed by atoms with Crippen molar-refractivity contribution < 1.29 is 13.2 Å². The van der Waals surface area contributed by atoms with Crippen LogP contribution < -0.4 is 9.62 Å². The van der Waals surface area contributed by atoms with Gasteiger partial charge in [-0.05, 0) is 62.1 Å². The summed E-state index contributed by atoms with van der Waals surface area (Å²) in [5.41, 5.74) is 3.54. The van der Waals surface area contributed by atoms with Crippen LogP contribution in [0, 0.1) is 6.92 Å². The van der Waals surface area contributed by atoms with Crippen molar-refractivity contribution in [3.8, 4) is 10.4 Å². The third-order valence-corrected chi connectivity index (χ3v) is 8.25. The number of benzene rings is 2. The van der Waals surface area contributed by atoms with E-state index in [4.69, 9.17) is 0 Å². The van der Waals surface area contributed by atoms with E-state index >= 15 is 0 Å². The van der Waals surface area contributed by atoms with Gasteiger partial charge in [0.25, 0.3) is 10.0 Å². The Hall–Kier alpha value is -2.71. The first-order valence-corrected chi connectivity index (χ1v) is 12.0. The van der Waals surface area contributed by atoms with Crippen LogP contribution in [0.1, 0.15) is 31.5 Å². The van der Waals surface area contributed by atoms with Gasteiger partial charge in [-0.25, -0.2) is 13.4 Å². The topological polar surface area (TPSA) is 79.4 Å². The quantitative estimate of drug-likeness (QED) is 0.641. The van der Waals surface area contributed by atoms with Crippen LogP contribution in [0.5, 0.6) is 0 Å². The fourth-order valence-corrected chi connectivity index (χ4v) is 6.56. The summed E-state index contributed by atoms with van der Waals surface area (Å²) >= 11 is 1.42. The number of nitrogens with one attached hydrogen (secondary N) is 1. The molecule has 6 nitrogen and oxygen atoms in total. The van der Waals surface area contributed by atoms with Crippen LogP contribution in [-0.2, 0) is 21.2 Å². The molecule has 0 saturated carbocycles. The number of amides is 1. The van der Waals surface area contributed by atoms with Crippen molar-refractivity contribution in [2.75, 3.05) is 9.62 Å². The van der Waals surface area contributed by atoms with E-state index in [9.17, 15) is 13.2 Å². The van der Waals surface area contributed by atoms with E-state index in [0.717, 1.165) is 40.2 Å². The highest BCUT2D eigenvalue weighted by Crippen LogP contribution is 2.40. The van der Waals surface area contributed by atoms with Crippen LogP contribution in [0.2, 0.25) is 0 Å². The summed E-state index contributed by atoms with van der Waals surface area (Å²) in [6.07, 6.45) is 1.56. The minimum absolute atomic E-state index is 0.120. The maximum Gasteiger partial charge on any atom is 0.264 e. The van der Waals surface area contributed by atoms with Crippen LogP contribution in [0.25, 0.3) is 10.4 Å². The Balaban J connectivity index is 1.75. The number of aromatic nitrogens is 1. The molecule has 8 heteroatoms. The van der Waals surface area contributed by atoms with Crippen LogP contribution >= 0.6 is 11.3 Å². The molecule has 0 aliphatic carbocycles. The van der Waals surface area contributed by atoms with Gasteiger partial charge in [0.1, 0.15) is 0 Å². The maximum absolute atomic E-state index is 13.4. The fourth-order valence-electron chi connectivity index (χ4n) is 3.80. The van der Waals surface area contributed by atoms with E-state index in [1.807, 2.05) is 38.1 Å². The average Bonchev–Trinajstić information content (AvgIpc) is 3.07. The molecule has 3 aromatic rings. The van der Waals surface area contributed by atoms with Gasteiger partial charge in [0.2, 0.25) is 5.91 Å². The maximum atomic E-state index is 13.4. The van der Waals surface area contributed by atoms with Crippen LogP contribution in [0.3, 0.4) is 0 Å². The van der Waals surface area contributed by atoms with Crippen molar-refractivity contribution in [1.29, 1.82) is 0 Å². The minimum Gasteiger partial charge on any atom is -0.302 e. The van der Waals surface area contributed by atoms with E-state index < -0.39 is 10.0 Å². The molecule has 2 heterocycles. The molecule has 1 aliphatic heterocycles. The summed E-state index contributed by atoms with van der Waals surface area (Å²) in [5.74, 6) is -0.156. The highest BCUT2D eigenvalue weighted by Gasteiger charge is 2.34. The first kappa shape index (κ1) is 20.6. The number of anilines is 2. The normalized spacial score (nSPS) is 16.2. The Kier molecular flexibility index (Phi) is 5.38. The van der Waals surface area contributed by atoms with E-state index in [-0.39, 0.29) is 11.9 Å². The number of sulfonamides is 1. The molecular formula is C22H23N3O3S2. The summed E-state index contributed by atoms with van der Waals surface area (Å²) in [4.78, 5) is 17.0. The molecule has 2 aromatic carbocycles. The van der Waals surface area contributed by atoms with Crippen molar-refractivity contribution >= 4 is 38.1 Å². The molecule has 30 heavy (non-hydrogen) atoms. The van der Waals surface area contributed by atoms with Gasteiger partial charge in [0.15, 0.2) is 5.13 Å².